The molecule has 0 saturated carbocycles. The quantitative estimate of drug-likeness (QED) is 0.383. The number of hydrogen-bond donors (Lipinski definition) is 5. The van der Waals surface area contributed by atoms with Gasteiger partial charge in [-0.2, -0.15) is 0 Å². The third-order valence-electron chi connectivity index (χ3n) is 4.43. The number of hydrogen-bond acceptors (Lipinski definition) is 9. The minimum Gasteiger partial charge on any atom is -0.461 e. The molecule has 2 rings (SSSR count). The van der Waals surface area contributed by atoms with Gasteiger partial charge in [-0.05, 0) is 31.5 Å². The zero-order valence-corrected chi connectivity index (χ0v) is 17.1. The molecular weight excluding hydrogens is 382 g/mol. The smallest absolute Gasteiger partial charge is 0.308 e. The van der Waals surface area contributed by atoms with Crippen molar-refractivity contribution in [1.82, 2.24) is 0 Å². The molecule has 1 saturated heterocycles. The number of anilines is 1. The summed E-state index contributed by atoms with van der Waals surface area (Å²) >= 11 is 0. The molecule has 0 unspecified atom stereocenters. The number of carbonyl (C=O) groups excluding carboxylic acids is 1. The maximum Gasteiger partial charge on any atom is 0.308 e. The summed E-state index contributed by atoms with van der Waals surface area (Å²) in [6.45, 7) is 6.94. The van der Waals surface area contributed by atoms with E-state index in [2.05, 4.69) is 5.32 Å². The van der Waals surface area contributed by atoms with Crippen molar-refractivity contribution in [2.24, 2.45) is 5.92 Å². The molecule has 29 heavy (non-hydrogen) atoms. The number of ether oxygens (including phenoxy) is 3. The fourth-order valence-corrected chi connectivity index (χ4v) is 2.80. The molecule has 9 nitrogen and oxygen atoms in total. The molecule has 1 aliphatic rings. The van der Waals surface area contributed by atoms with Gasteiger partial charge in [-0.15, -0.1) is 0 Å². The normalized spacial score (nSPS) is 27.2. The van der Waals surface area contributed by atoms with Crippen molar-refractivity contribution in [3.05, 3.63) is 23.8 Å². The van der Waals surface area contributed by atoms with Crippen LogP contribution in [-0.4, -0.2) is 69.8 Å². The van der Waals surface area contributed by atoms with Crippen LogP contribution in [0.2, 0.25) is 0 Å². The summed E-state index contributed by atoms with van der Waals surface area (Å²) in [5.74, 6) is -0.191. The molecule has 1 aromatic carbocycles. The molecule has 1 aliphatic heterocycles. The third kappa shape index (κ3) is 6.03. The first kappa shape index (κ1) is 23.4. The van der Waals surface area contributed by atoms with E-state index in [0.717, 1.165) is 5.56 Å². The Kier molecular flexibility index (Phi) is 8.23. The summed E-state index contributed by atoms with van der Waals surface area (Å²) in [6, 6.07) is 5.15. The van der Waals surface area contributed by atoms with Gasteiger partial charge in [0, 0.05) is 6.04 Å². The first-order chi connectivity index (χ1) is 13.6. The van der Waals surface area contributed by atoms with Crippen molar-refractivity contribution in [3.8, 4) is 5.75 Å². The summed E-state index contributed by atoms with van der Waals surface area (Å²) in [7, 11) is 0. The Labute approximate surface area is 170 Å². The average Bonchev–Trinajstić information content (AvgIpc) is 2.67. The van der Waals surface area contributed by atoms with Gasteiger partial charge < -0.3 is 40.0 Å². The Hall–Kier alpha value is -1.91. The van der Waals surface area contributed by atoms with Crippen molar-refractivity contribution < 1.29 is 39.4 Å². The summed E-state index contributed by atoms with van der Waals surface area (Å²) in [6.07, 6.45) is -6.84. The Morgan fingerprint density at radius 1 is 1.14 bits per heavy atom. The molecule has 1 heterocycles. The zero-order valence-electron chi connectivity index (χ0n) is 17.1. The van der Waals surface area contributed by atoms with Gasteiger partial charge in [0.25, 0.3) is 0 Å². The minimum atomic E-state index is -1.53. The highest BCUT2D eigenvalue weighted by Crippen LogP contribution is 2.31. The van der Waals surface area contributed by atoms with Crippen LogP contribution in [0.25, 0.3) is 0 Å². The first-order valence-corrected chi connectivity index (χ1v) is 9.67. The first-order valence-electron chi connectivity index (χ1n) is 9.67. The van der Waals surface area contributed by atoms with Crippen molar-refractivity contribution in [2.75, 3.05) is 11.9 Å². The molecule has 1 aromatic rings. The Morgan fingerprint density at radius 3 is 2.41 bits per heavy atom. The van der Waals surface area contributed by atoms with Crippen LogP contribution in [0, 0.1) is 5.92 Å². The van der Waals surface area contributed by atoms with Gasteiger partial charge in [0.1, 0.15) is 36.8 Å². The Bertz CT molecular complexity index is 678. The van der Waals surface area contributed by atoms with Crippen LogP contribution in [0.5, 0.6) is 5.75 Å². The summed E-state index contributed by atoms with van der Waals surface area (Å²) in [5, 5.41) is 42.5. The second-order valence-corrected chi connectivity index (χ2v) is 7.71. The fourth-order valence-electron chi connectivity index (χ4n) is 2.80. The Balaban J connectivity index is 2.19. The summed E-state index contributed by atoms with van der Waals surface area (Å²) in [5.41, 5.74) is 1.32. The molecule has 164 valence electrons. The van der Waals surface area contributed by atoms with Crippen LogP contribution in [0.3, 0.4) is 0 Å². The highest BCUT2D eigenvalue weighted by Gasteiger charge is 2.44. The maximum absolute atomic E-state index is 11.7. The summed E-state index contributed by atoms with van der Waals surface area (Å²) in [4.78, 5) is 11.7. The number of rotatable bonds is 8. The molecule has 0 spiro atoms. The van der Waals surface area contributed by atoms with Crippen LogP contribution in [-0.2, 0) is 20.9 Å². The van der Waals surface area contributed by atoms with Gasteiger partial charge in [0.15, 0.2) is 0 Å². The van der Waals surface area contributed by atoms with Crippen LogP contribution in [0.4, 0.5) is 5.69 Å². The van der Waals surface area contributed by atoms with Crippen molar-refractivity contribution in [1.29, 1.82) is 0 Å². The highest BCUT2D eigenvalue weighted by molar-refractivity contribution is 5.71. The molecule has 0 aromatic heterocycles. The van der Waals surface area contributed by atoms with Crippen LogP contribution in [0.15, 0.2) is 18.2 Å². The fraction of sp³-hybridized carbons (Fsp3) is 0.650. The zero-order chi connectivity index (χ0) is 21.7. The number of benzene rings is 1. The van der Waals surface area contributed by atoms with Gasteiger partial charge in [-0.3, -0.25) is 4.79 Å². The molecule has 0 radical (unpaired) electrons. The summed E-state index contributed by atoms with van der Waals surface area (Å²) < 4.78 is 16.4. The third-order valence-corrected chi connectivity index (χ3v) is 4.43. The number of aliphatic hydroxyl groups excluding tert-OH is 4. The van der Waals surface area contributed by atoms with E-state index in [1.165, 1.54) is 0 Å². The second-order valence-electron chi connectivity index (χ2n) is 7.71. The van der Waals surface area contributed by atoms with E-state index >= 15 is 0 Å². The van der Waals surface area contributed by atoms with E-state index in [9.17, 15) is 25.2 Å². The number of aliphatic hydroxyl groups is 4. The highest BCUT2D eigenvalue weighted by atomic mass is 16.7. The van der Waals surface area contributed by atoms with Crippen molar-refractivity contribution >= 4 is 11.7 Å². The Morgan fingerprint density at radius 2 is 1.83 bits per heavy atom. The van der Waals surface area contributed by atoms with E-state index in [1.54, 1.807) is 32.0 Å². The molecular formula is C20H31NO8. The predicted octanol–water partition coefficient (Wildman–Crippen LogP) is 0.385. The lowest BCUT2D eigenvalue weighted by molar-refractivity contribution is -0.277. The van der Waals surface area contributed by atoms with E-state index in [-0.39, 0.29) is 24.5 Å². The lowest BCUT2D eigenvalue weighted by atomic mass is 9.99. The number of carbonyl (C=O) groups is 1. The molecule has 0 bridgehead atoms. The van der Waals surface area contributed by atoms with E-state index in [1.807, 2.05) is 13.8 Å². The molecule has 1 fully saturated rings. The topological polar surface area (TPSA) is 138 Å². The minimum absolute atomic E-state index is 0.0561. The second kappa shape index (κ2) is 10.2. The number of nitrogens with one attached hydrogen (secondary N) is 1. The van der Waals surface area contributed by atoms with Gasteiger partial charge >= 0.3 is 5.97 Å². The van der Waals surface area contributed by atoms with Crippen LogP contribution >= 0.6 is 0 Å². The predicted molar refractivity (Wildman–Crippen MR) is 104 cm³/mol. The average molecular weight is 413 g/mol. The standard InChI is InChI=1S/C20H31NO8/c1-10(2)19(26)27-9-12-5-6-14(13(7-12)21-11(3)4)28-20-18(25)17(24)16(23)15(8-22)29-20/h5-7,10-11,15-18,20-25H,8-9H2,1-4H3/t15-,16+,17+,18-,20-/m1/s1. The van der Waals surface area contributed by atoms with Gasteiger partial charge in [-0.25, -0.2) is 0 Å². The van der Waals surface area contributed by atoms with Crippen molar-refractivity contribution in [3.63, 3.8) is 0 Å². The van der Waals surface area contributed by atoms with Crippen LogP contribution < -0.4 is 10.1 Å². The molecule has 5 N–H and O–H groups in total. The monoisotopic (exact) mass is 413 g/mol. The SMILES string of the molecule is CC(C)Nc1cc(COC(=O)C(C)C)ccc1O[C@@H]1O[C@H](CO)[C@H](O)[C@H](O)[C@H]1O. The molecule has 0 amide bonds. The largest absolute Gasteiger partial charge is 0.461 e. The molecule has 0 aliphatic carbocycles. The van der Waals surface area contributed by atoms with Crippen LogP contribution in [0.1, 0.15) is 33.3 Å². The molecule has 9 heteroatoms. The van der Waals surface area contributed by atoms with E-state index < -0.39 is 37.3 Å². The van der Waals surface area contributed by atoms with E-state index in [0.29, 0.717) is 11.4 Å². The lowest BCUT2D eigenvalue weighted by Crippen LogP contribution is -2.60. The number of esters is 1. The van der Waals surface area contributed by atoms with Gasteiger partial charge in [0.05, 0.1) is 18.2 Å². The van der Waals surface area contributed by atoms with Crippen molar-refractivity contribution in [2.45, 2.75) is 71.0 Å². The maximum atomic E-state index is 11.7. The van der Waals surface area contributed by atoms with Gasteiger partial charge in [0.2, 0.25) is 6.29 Å². The molecule has 5 atom stereocenters. The lowest BCUT2D eigenvalue weighted by Gasteiger charge is -2.39. The van der Waals surface area contributed by atoms with Gasteiger partial charge in [-0.1, -0.05) is 19.9 Å². The van der Waals surface area contributed by atoms with E-state index in [4.69, 9.17) is 14.2 Å².